The van der Waals surface area contributed by atoms with Crippen LogP contribution in [0.2, 0.25) is 0 Å². The normalized spacial score (nSPS) is 9.81. The predicted molar refractivity (Wildman–Crippen MR) is 85.4 cm³/mol. The number of benzene rings is 1. The van der Waals surface area contributed by atoms with Crippen LogP contribution >= 0.6 is 27.3 Å². The summed E-state index contributed by atoms with van der Waals surface area (Å²) in [7, 11) is 0. The first-order valence-corrected chi connectivity index (χ1v) is 7.55. The Kier molecular flexibility index (Phi) is 5.33. The van der Waals surface area contributed by atoms with Crippen LogP contribution in [0.4, 0.5) is 5.69 Å². The third kappa shape index (κ3) is 4.56. The number of nitro groups is 1. The van der Waals surface area contributed by atoms with Gasteiger partial charge in [0.05, 0.1) is 22.4 Å². The molecule has 1 aromatic carbocycles. The maximum absolute atomic E-state index is 10.8. The summed E-state index contributed by atoms with van der Waals surface area (Å²) < 4.78 is 6.19. The second-order valence-electron chi connectivity index (χ2n) is 3.96. The number of nitro benzene ring substituents is 1. The zero-order chi connectivity index (χ0) is 15.2. The van der Waals surface area contributed by atoms with E-state index >= 15 is 0 Å². The van der Waals surface area contributed by atoms with Crippen LogP contribution in [-0.2, 0) is 6.61 Å². The van der Waals surface area contributed by atoms with Gasteiger partial charge in [-0.05, 0) is 18.2 Å². The molecule has 2 aromatic rings. The Morgan fingerprint density at radius 3 is 2.90 bits per heavy atom. The van der Waals surface area contributed by atoms with Crippen molar-refractivity contribution < 1.29 is 9.66 Å². The van der Waals surface area contributed by atoms with Crippen molar-refractivity contribution in [1.82, 2.24) is 0 Å². The van der Waals surface area contributed by atoms with Crippen molar-refractivity contribution >= 4 is 33.0 Å². The van der Waals surface area contributed by atoms with Gasteiger partial charge in [-0.1, -0.05) is 27.8 Å². The molecule has 7 heteroatoms. The molecule has 1 aromatic heterocycles. The molecular weight excluding hydrogens is 356 g/mol. The quantitative estimate of drug-likeness (QED) is 0.511. The summed E-state index contributed by atoms with van der Waals surface area (Å²) in [6, 6.07) is 8.33. The van der Waals surface area contributed by atoms with E-state index in [-0.39, 0.29) is 5.69 Å². The van der Waals surface area contributed by atoms with E-state index in [9.17, 15) is 10.1 Å². The number of non-ortho nitro benzene ring substituents is 1. The molecule has 21 heavy (non-hydrogen) atoms. The summed E-state index contributed by atoms with van der Waals surface area (Å²) in [5, 5.41) is 10.8. The van der Waals surface area contributed by atoms with Crippen LogP contribution in [0.3, 0.4) is 0 Å². The largest absolute Gasteiger partial charge is 0.488 e. The number of hydrogen-bond acceptors (Lipinski definition) is 5. The Morgan fingerprint density at radius 2 is 2.19 bits per heavy atom. The molecule has 0 unspecified atom stereocenters. The summed E-state index contributed by atoms with van der Waals surface area (Å²) >= 11 is 4.74. The van der Waals surface area contributed by atoms with Gasteiger partial charge in [0.1, 0.15) is 12.4 Å². The lowest BCUT2D eigenvalue weighted by Gasteiger charge is -2.05. The van der Waals surface area contributed by atoms with E-state index in [2.05, 4.69) is 27.8 Å². The average molecular weight is 367 g/mol. The number of nitrogens with two attached hydrogens (primary N) is 1. The van der Waals surface area contributed by atoms with Crippen molar-refractivity contribution in [2.75, 3.05) is 6.54 Å². The number of thiophene rings is 1. The van der Waals surface area contributed by atoms with Gasteiger partial charge in [0.25, 0.3) is 5.69 Å². The minimum atomic E-state index is -0.455. The van der Waals surface area contributed by atoms with E-state index in [1.807, 2.05) is 12.1 Å². The zero-order valence-electron chi connectivity index (χ0n) is 10.8. The van der Waals surface area contributed by atoms with Gasteiger partial charge in [0.15, 0.2) is 0 Å². The molecule has 5 nitrogen and oxygen atoms in total. The maximum atomic E-state index is 10.8. The molecular formula is C14H11BrN2O3S. The Hall–Kier alpha value is -1.88. The highest BCUT2D eigenvalue weighted by Gasteiger charge is 2.10. The summed E-state index contributed by atoms with van der Waals surface area (Å²) in [6.07, 6.45) is 0. The van der Waals surface area contributed by atoms with Gasteiger partial charge >= 0.3 is 0 Å². The monoisotopic (exact) mass is 366 g/mol. The first-order valence-electron chi connectivity index (χ1n) is 5.94. The van der Waals surface area contributed by atoms with Gasteiger partial charge in [0, 0.05) is 15.4 Å². The van der Waals surface area contributed by atoms with E-state index in [1.165, 1.54) is 23.5 Å². The third-order valence-electron chi connectivity index (χ3n) is 2.42. The van der Waals surface area contributed by atoms with E-state index in [1.54, 1.807) is 6.07 Å². The van der Waals surface area contributed by atoms with Gasteiger partial charge in [-0.3, -0.25) is 10.1 Å². The number of rotatable bonds is 4. The number of nitrogens with zero attached hydrogens (tertiary/aromatic N) is 1. The van der Waals surface area contributed by atoms with Crippen LogP contribution < -0.4 is 10.5 Å². The van der Waals surface area contributed by atoms with Crippen LogP contribution in [0.25, 0.3) is 0 Å². The number of hydrogen-bond donors (Lipinski definition) is 1. The van der Waals surface area contributed by atoms with E-state index in [0.29, 0.717) is 23.4 Å². The van der Waals surface area contributed by atoms with E-state index in [0.717, 1.165) is 9.75 Å². The van der Waals surface area contributed by atoms with Gasteiger partial charge < -0.3 is 10.5 Å². The summed E-state index contributed by atoms with van der Waals surface area (Å²) in [5.74, 6) is 6.18. The highest BCUT2D eigenvalue weighted by atomic mass is 79.9. The molecule has 0 aliphatic carbocycles. The van der Waals surface area contributed by atoms with Gasteiger partial charge in [-0.25, -0.2) is 0 Å². The van der Waals surface area contributed by atoms with Gasteiger partial charge in [0.2, 0.25) is 0 Å². The Morgan fingerprint density at radius 1 is 1.38 bits per heavy atom. The van der Waals surface area contributed by atoms with Crippen molar-refractivity contribution in [3.05, 3.63) is 54.7 Å². The van der Waals surface area contributed by atoms with Crippen molar-refractivity contribution in [2.45, 2.75) is 6.61 Å². The lowest BCUT2D eigenvalue weighted by Crippen LogP contribution is -1.95. The Labute approximate surface area is 134 Å². The molecule has 0 atom stereocenters. The van der Waals surface area contributed by atoms with Crippen molar-refractivity contribution in [1.29, 1.82) is 0 Å². The lowest BCUT2D eigenvalue weighted by atomic mass is 10.3. The molecule has 2 rings (SSSR count). The second-order valence-corrected chi connectivity index (χ2v) is 6.05. The first-order chi connectivity index (χ1) is 10.1. The molecule has 0 aliphatic rings. The summed E-state index contributed by atoms with van der Waals surface area (Å²) in [5.41, 5.74) is 5.30. The third-order valence-corrected chi connectivity index (χ3v) is 3.86. The minimum Gasteiger partial charge on any atom is -0.488 e. The smallest absolute Gasteiger partial charge is 0.274 e. The zero-order valence-corrected chi connectivity index (χ0v) is 13.2. The first kappa shape index (κ1) is 15.5. The molecule has 0 aliphatic heterocycles. The molecule has 0 amide bonds. The van der Waals surface area contributed by atoms with Crippen molar-refractivity contribution in [2.24, 2.45) is 5.73 Å². The van der Waals surface area contributed by atoms with Crippen molar-refractivity contribution in [3.8, 4) is 17.6 Å². The molecule has 0 saturated heterocycles. The fraction of sp³-hybridized carbons (Fsp3) is 0.143. The highest BCUT2D eigenvalue weighted by Crippen LogP contribution is 2.27. The van der Waals surface area contributed by atoms with Crippen LogP contribution in [0, 0.1) is 22.0 Å². The molecule has 0 spiro atoms. The fourth-order valence-electron chi connectivity index (χ4n) is 1.55. The summed E-state index contributed by atoms with van der Waals surface area (Å²) in [4.78, 5) is 12.2. The molecule has 0 bridgehead atoms. The maximum Gasteiger partial charge on any atom is 0.274 e. The topological polar surface area (TPSA) is 78.4 Å². The fourth-order valence-corrected chi connectivity index (χ4v) is 2.81. The van der Waals surface area contributed by atoms with Crippen LogP contribution in [0.15, 0.2) is 34.8 Å². The standard InChI is InChI=1S/C14H11BrN2O3S/c15-10-6-11(17(18)19)8-12(7-10)20-9-14-4-3-13(21-14)2-1-5-16/h3-4,6-8H,5,9,16H2. The van der Waals surface area contributed by atoms with Crippen LogP contribution in [0.5, 0.6) is 5.75 Å². The molecule has 0 saturated carbocycles. The molecule has 0 fully saturated rings. The van der Waals surface area contributed by atoms with Crippen molar-refractivity contribution in [3.63, 3.8) is 0 Å². The molecule has 2 N–H and O–H groups in total. The number of ether oxygens (including phenoxy) is 1. The summed E-state index contributed by atoms with van der Waals surface area (Å²) in [6.45, 7) is 0.661. The van der Waals surface area contributed by atoms with E-state index in [4.69, 9.17) is 10.5 Å². The minimum absolute atomic E-state index is 0.0138. The van der Waals surface area contributed by atoms with E-state index < -0.39 is 4.92 Å². The van der Waals surface area contributed by atoms with Crippen LogP contribution in [0.1, 0.15) is 9.75 Å². The lowest BCUT2D eigenvalue weighted by molar-refractivity contribution is -0.385. The second kappa shape index (κ2) is 7.22. The Bertz CT molecular complexity index is 718. The molecule has 108 valence electrons. The van der Waals surface area contributed by atoms with Crippen LogP contribution in [-0.4, -0.2) is 11.5 Å². The molecule has 1 heterocycles. The average Bonchev–Trinajstić information content (AvgIpc) is 2.90. The number of halogens is 1. The van der Waals surface area contributed by atoms with Gasteiger partial charge in [-0.2, -0.15) is 0 Å². The SMILES string of the molecule is NCC#Cc1ccc(COc2cc(Br)cc([N+](=O)[O-])c2)s1. The Balaban J connectivity index is 2.06. The van der Waals surface area contributed by atoms with Gasteiger partial charge in [-0.15, -0.1) is 11.3 Å². The highest BCUT2D eigenvalue weighted by molar-refractivity contribution is 9.10. The predicted octanol–water partition coefficient (Wildman–Crippen LogP) is 3.31. The molecule has 0 radical (unpaired) electrons.